The summed E-state index contributed by atoms with van der Waals surface area (Å²) < 4.78 is 17.9. The molecule has 12 unspecified atom stereocenters. The van der Waals surface area contributed by atoms with Crippen molar-refractivity contribution in [3.8, 4) is 0 Å². The van der Waals surface area contributed by atoms with E-state index in [0.717, 1.165) is 32.4 Å². The Kier molecular flexibility index (Phi) is 4.05. The fraction of sp³-hybridized carbons (Fsp3) is 0.957. The molecular formula is C23H35NO6. The molecule has 7 bridgehead atoms. The van der Waals surface area contributed by atoms with Crippen molar-refractivity contribution in [1.29, 1.82) is 0 Å². The fourth-order valence-electron chi connectivity index (χ4n) is 9.99. The molecule has 12 atom stereocenters. The minimum absolute atomic E-state index is 0.0708. The maximum atomic E-state index is 14.2. The largest absolute Gasteiger partial charge is 0.386 e. The number of likely N-dealkylation sites (tertiary alicyclic amines) is 1. The number of aliphatic hydroxyl groups is 2. The third-order valence-electron chi connectivity index (χ3n) is 10.6. The highest BCUT2D eigenvalue weighted by atomic mass is 16.5. The predicted molar refractivity (Wildman–Crippen MR) is 107 cm³/mol. The van der Waals surface area contributed by atoms with Crippen molar-refractivity contribution < 1.29 is 29.2 Å². The van der Waals surface area contributed by atoms with E-state index in [1.807, 2.05) is 0 Å². The Hall–Kier alpha value is -0.570. The fourth-order valence-corrected chi connectivity index (χ4v) is 9.99. The zero-order valence-corrected chi connectivity index (χ0v) is 18.4. The molecule has 2 N–H and O–H groups in total. The van der Waals surface area contributed by atoms with Crippen LogP contribution in [0.25, 0.3) is 0 Å². The Morgan fingerprint density at radius 1 is 1.13 bits per heavy atom. The molecule has 1 saturated heterocycles. The summed E-state index contributed by atoms with van der Waals surface area (Å²) in [7, 11) is 5.10. The molecule has 1 spiro atoms. The number of carbonyl (C=O) groups is 1. The van der Waals surface area contributed by atoms with E-state index in [1.54, 1.807) is 21.3 Å². The molecule has 1 heterocycles. The van der Waals surface area contributed by atoms with Gasteiger partial charge in [-0.25, -0.2) is 0 Å². The van der Waals surface area contributed by atoms with Gasteiger partial charge in [0, 0.05) is 57.5 Å². The van der Waals surface area contributed by atoms with Crippen LogP contribution in [0.5, 0.6) is 0 Å². The van der Waals surface area contributed by atoms with Crippen LogP contribution in [0.3, 0.4) is 0 Å². The number of methoxy groups -OCH3 is 3. The summed E-state index contributed by atoms with van der Waals surface area (Å²) in [6.45, 7) is 3.66. The van der Waals surface area contributed by atoms with E-state index in [9.17, 15) is 15.0 Å². The van der Waals surface area contributed by atoms with E-state index in [-0.39, 0.29) is 60.1 Å². The van der Waals surface area contributed by atoms with Crippen LogP contribution in [0.2, 0.25) is 0 Å². The van der Waals surface area contributed by atoms with Crippen molar-refractivity contribution in [2.75, 3.05) is 34.4 Å². The molecule has 5 aliphatic carbocycles. The number of hydrogen-bond donors (Lipinski definition) is 2. The third kappa shape index (κ3) is 1.76. The molecule has 7 heteroatoms. The number of hydrogen-bond acceptors (Lipinski definition) is 7. The maximum Gasteiger partial charge on any atom is 0.173 e. The second-order valence-electron chi connectivity index (χ2n) is 10.8. The van der Waals surface area contributed by atoms with E-state index >= 15 is 0 Å². The lowest BCUT2D eigenvalue weighted by molar-refractivity contribution is -0.305. The smallest absolute Gasteiger partial charge is 0.173 e. The predicted octanol–water partition coefficient (Wildman–Crippen LogP) is 0.463. The molecule has 7 nitrogen and oxygen atoms in total. The number of Topliss-reactive ketones (excluding diaryl/α,β-unsaturated/α-hetero) is 1. The Bertz CT molecular complexity index is 777. The molecule has 6 aliphatic rings. The Labute approximate surface area is 178 Å². The van der Waals surface area contributed by atoms with Gasteiger partial charge in [0.15, 0.2) is 11.4 Å². The SMILES string of the molecule is CCN1CC2CCC(OC)C34C5CC6C(OC)CC(O)(C5C6OC)C(O)(C(=O)C23)C14. The summed E-state index contributed by atoms with van der Waals surface area (Å²) in [5.41, 5.74) is -3.83. The first-order chi connectivity index (χ1) is 14.4. The highest BCUT2D eigenvalue weighted by Crippen LogP contribution is 2.77. The van der Waals surface area contributed by atoms with Crippen molar-refractivity contribution in [3.05, 3.63) is 0 Å². The summed E-state index contributed by atoms with van der Waals surface area (Å²) in [4.78, 5) is 16.5. The van der Waals surface area contributed by atoms with Crippen molar-refractivity contribution in [1.82, 2.24) is 4.90 Å². The highest BCUT2D eigenvalue weighted by molar-refractivity contribution is 5.97. The quantitative estimate of drug-likeness (QED) is 0.682. The average molecular weight is 422 g/mol. The van der Waals surface area contributed by atoms with Gasteiger partial charge in [-0.15, -0.1) is 0 Å². The van der Waals surface area contributed by atoms with E-state index < -0.39 is 22.7 Å². The molecule has 30 heavy (non-hydrogen) atoms. The molecule has 1 aliphatic heterocycles. The summed E-state index contributed by atoms with van der Waals surface area (Å²) in [6, 6.07) is -0.410. The minimum Gasteiger partial charge on any atom is -0.386 e. The first-order valence-electron chi connectivity index (χ1n) is 11.7. The van der Waals surface area contributed by atoms with Crippen LogP contribution in [0.4, 0.5) is 0 Å². The van der Waals surface area contributed by atoms with Crippen LogP contribution in [0.1, 0.15) is 32.6 Å². The lowest BCUT2D eigenvalue weighted by atomic mass is 9.45. The molecule has 6 rings (SSSR count). The summed E-state index contributed by atoms with van der Waals surface area (Å²) in [6.07, 6.45) is 2.44. The number of ether oxygens (including phenoxy) is 3. The summed E-state index contributed by atoms with van der Waals surface area (Å²) in [5, 5.41) is 24.8. The number of carbonyl (C=O) groups excluding carboxylic acids is 1. The van der Waals surface area contributed by atoms with Gasteiger partial charge in [-0.3, -0.25) is 9.69 Å². The van der Waals surface area contributed by atoms with E-state index in [1.165, 1.54) is 0 Å². The molecule has 5 saturated carbocycles. The van der Waals surface area contributed by atoms with Crippen molar-refractivity contribution >= 4 is 5.78 Å². The Morgan fingerprint density at radius 3 is 2.53 bits per heavy atom. The lowest BCUT2D eigenvalue weighted by Gasteiger charge is -2.67. The maximum absolute atomic E-state index is 14.2. The molecule has 0 aromatic heterocycles. The van der Waals surface area contributed by atoms with Crippen LogP contribution in [0, 0.1) is 35.0 Å². The van der Waals surface area contributed by atoms with Crippen LogP contribution < -0.4 is 0 Å². The zero-order chi connectivity index (χ0) is 21.2. The van der Waals surface area contributed by atoms with E-state index in [4.69, 9.17) is 14.2 Å². The zero-order valence-electron chi connectivity index (χ0n) is 18.4. The number of likely N-dealkylation sites (N-methyl/N-ethyl adjacent to an activating group) is 1. The van der Waals surface area contributed by atoms with E-state index in [0.29, 0.717) is 0 Å². The summed E-state index contributed by atoms with van der Waals surface area (Å²) >= 11 is 0. The van der Waals surface area contributed by atoms with E-state index in [2.05, 4.69) is 11.8 Å². The molecule has 0 aromatic carbocycles. The van der Waals surface area contributed by atoms with Gasteiger partial charge in [0.1, 0.15) is 5.60 Å². The van der Waals surface area contributed by atoms with Crippen LogP contribution >= 0.6 is 0 Å². The van der Waals surface area contributed by atoms with Gasteiger partial charge < -0.3 is 24.4 Å². The number of fused-ring (bicyclic) bond motifs is 2. The average Bonchev–Trinajstić information content (AvgIpc) is 3.14. The molecule has 168 valence electrons. The highest BCUT2D eigenvalue weighted by Gasteiger charge is 2.90. The third-order valence-corrected chi connectivity index (χ3v) is 10.6. The standard InChI is InChI=1S/C23H35NO6/c1-5-24-10-11-6-7-15(29-3)22-13-8-12-14(28-2)9-21(26,17(13)18(12)30-4)23(27,20(22)24)19(25)16(11)22/h11-18,20,26-27H,5-10H2,1-4H3. The number of rotatable bonds is 4. The van der Waals surface area contributed by atoms with Gasteiger partial charge in [-0.2, -0.15) is 0 Å². The number of nitrogens with zero attached hydrogens (tertiary/aromatic N) is 1. The number of piperidine rings is 1. The first-order valence-corrected chi connectivity index (χ1v) is 11.7. The van der Waals surface area contributed by atoms with Gasteiger partial charge in [0.05, 0.1) is 24.4 Å². The molecular weight excluding hydrogens is 386 g/mol. The Morgan fingerprint density at radius 2 is 1.90 bits per heavy atom. The van der Waals surface area contributed by atoms with Gasteiger partial charge in [0.2, 0.25) is 0 Å². The minimum atomic E-state index is -1.81. The second kappa shape index (κ2) is 6.06. The molecule has 0 aromatic rings. The lowest BCUT2D eigenvalue weighted by Crippen LogP contribution is -2.81. The first kappa shape index (κ1) is 20.1. The molecule has 0 amide bonds. The number of ketones is 1. The van der Waals surface area contributed by atoms with Gasteiger partial charge in [-0.1, -0.05) is 6.92 Å². The van der Waals surface area contributed by atoms with Crippen molar-refractivity contribution in [3.63, 3.8) is 0 Å². The van der Waals surface area contributed by atoms with Gasteiger partial charge in [-0.05, 0) is 37.6 Å². The molecule has 6 fully saturated rings. The van der Waals surface area contributed by atoms with Crippen molar-refractivity contribution in [2.45, 2.75) is 68.2 Å². The van der Waals surface area contributed by atoms with Crippen LogP contribution in [-0.2, 0) is 19.0 Å². The normalized spacial score (nSPS) is 60.9. The van der Waals surface area contributed by atoms with Crippen LogP contribution in [0.15, 0.2) is 0 Å². The van der Waals surface area contributed by atoms with Crippen molar-refractivity contribution in [2.24, 2.45) is 35.0 Å². The topological polar surface area (TPSA) is 88.5 Å². The molecule has 0 radical (unpaired) electrons. The van der Waals surface area contributed by atoms with Gasteiger partial charge >= 0.3 is 0 Å². The second-order valence-corrected chi connectivity index (χ2v) is 10.8. The summed E-state index contributed by atoms with van der Waals surface area (Å²) in [5.74, 6) is -0.212. The van der Waals surface area contributed by atoms with Gasteiger partial charge in [0.25, 0.3) is 0 Å². The van der Waals surface area contributed by atoms with Crippen LogP contribution in [-0.4, -0.2) is 90.9 Å². The monoisotopic (exact) mass is 421 g/mol. The Balaban J connectivity index is 1.66.